The molecule has 0 radical (unpaired) electrons. The number of carbonyl (C=O) groups is 2. The molecule has 1 aromatic carbocycles. The molecule has 2 aromatic heterocycles. The molecule has 0 bridgehead atoms. The molecule has 1 atom stereocenters. The van der Waals surface area contributed by atoms with Crippen LogP contribution in [0.4, 0.5) is 10.5 Å². The third-order valence-electron chi connectivity index (χ3n) is 7.58. The van der Waals surface area contributed by atoms with Gasteiger partial charge in [-0.15, -0.1) is 0 Å². The van der Waals surface area contributed by atoms with E-state index in [0.717, 1.165) is 34.5 Å². The van der Waals surface area contributed by atoms with Crippen LogP contribution in [-0.2, 0) is 39.4 Å². The number of fused-ring (bicyclic) bond motifs is 5. The molecule has 3 aromatic rings. The van der Waals surface area contributed by atoms with Crippen LogP contribution in [-0.4, -0.2) is 40.4 Å². The van der Waals surface area contributed by atoms with Crippen LogP contribution in [0.2, 0.25) is 25.7 Å². The van der Waals surface area contributed by atoms with Crippen molar-refractivity contribution in [1.29, 1.82) is 0 Å². The van der Waals surface area contributed by atoms with E-state index in [4.69, 9.17) is 14.5 Å². The lowest BCUT2D eigenvalue weighted by atomic mass is 9.86. The maximum absolute atomic E-state index is 13.7. The number of hydrogen-bond donors (Lipinski definition) is 2. The Morgan fingerprint density at radius 3 is 2.58 bits per heavy atom. The molecule has 2 aliphatic heterocycles. The lowest BCUT2D eigenvalue weighted by molar-refractivity contribution is -0.172. The van der Waals surface area contributed by atoms with Crippen molar-refractivity contribution in [2.45, 2.75) is 90.6 Å². The number of ether oxygens (including phenoxy) is 2. The molecule has 0 saturated heterocycles. The molecule has 1 amide bonds. The van der Waals surface area contributed by atoms with Crippen LogP contribution >= 0.6 is 0 Å². The van der Waals surface area contributed by atoms with Gasteiger partial charge in [0.25, 0.3) is 5.56 Å². The second kappa shape index (κ2) is 9.55. The van der Waals surface area contributed by atoms with E-state index in [-0.39, 0.29) is 18.6 Å². The summed E-state index contributed by atoms with van der Waals surface area (Å²) in [5, 5.41) is 14.9. The fourth-order valence-corrected chi connectivity index (χ4v) is 6.45. The summed E-state index contributed by atoms with van der Waals surface area (Å²) in [5.74, 6) is -0.739. The van der Waals surface area contributed by atoms with Crippen LogP contribution in [0.15, 0.2) is 29.1 Å². The van der Waals surface area contributed by atoms with Crippen molar-refractivity contribution >= 4 is 36.7 Å². The summed E-state index contributed by atoms with van der Waals surface area (Å²) in [6.45, 7) is 14.3. The highest BCUT2D eigenvalue weighted by Crippen LogP contribution is 2.41. The van der Waals surface area contributed by atoms with Crippen molar-refractivity contribution in [2.75, 3.05) is 5.32 Å². The Labute approximate surface area is 234 Å². The summed E-state index contributed by atoms with van der Waals surface area (Å²) in [6.07, 6.45) is 0.360. The maximum atomic E-state index is 13.7. The van der Waals surface area contributed by atoms with Crippen molar-refractivity contribution in [3.8, 4) is 11.4 Å². The van der Waals surface area contributed by atoms with Crippen LogP contribution < -0.4 is 10.9 Å². The number of cyclic esters (lactones) is 1. The summed E-state index contributed by atoms with van der Waals surface area (Å²) < 4.78 is 12.3. The van der Waals surface area contributed by atoms with E-state index in [1.165, 1.54) is 0 Å². The maximum Gasteiger partial charge on any atom is 0.412 e. The standard InChI is InChI=1S/C30H37N3O6Si/c1-8-30(37)22-14-24-25-20(15-33(24)26(34)21(22)16-38-27(30)35)18(11-12-40(5,6)7)19-13-17(9-10-23(19)32-25)31-28(36)39-29(2,3)4/h9-10,13-14,37H,8,11-12,15-16H2,1-7H3,(H,31,36)/t30-/m0/s1. The Balaban J connectivity index is 1.67. The number of nitrogens with one attached hydrogen (secondary N) is 1. The van der Waals surface area contributed by atoms with Gasteiger partial charge in [0.1, 0.15) is 12.2 Å². The van der Waals surface area contributed by atoms with Gasteiger partial charge in [-0.1, -0.05) is 32.6 Å². The molecule has 0 fully saturated rings. The van der Waals surface area contributed by atoms with Gasteiger partial charge in [-0.2, -0.15) is 0 Å². The molecule has 10 heteroatoms. The van der Waals surface area contributed by atoms with Crippen LogP contribution in [0, 0.1) is 0 Å². The van der Waals surface area contributed by atoms with E-state index >= 15 is 0 Å². The van der Waals surface area contributed by atoms with E-state index in [1.54, 1.807) is 23.6 Å². The summed E-state index contributed by atoms with van der Waals surface area (Å²) in [4.78, 5) is 43.6. The molecular weight excluding hydrogens is 526 g/mol. The Morgan fingerprint density at radius 1 is 1.20 bits per heavy atom. The molecule has 0 saturated carbocycles. The first kappa shape index (κ1) is 28.0. The predicted octanol–water partition coefficient (Wildman–Crippen LogP) is 5.31. The van der Waals surface area contributed by atoms with Gasteiger partial charge in [0, 0.05) is 30.3 Å². The van der Waals surface area contributed by atoms with Gasteiger partial charge in [-0.25, -0.2) is 14.6 Å². The highest BCUT2D eigenvalue weighted by molar-refractivity contribution is 6.76. The number of esters is 1. The van der Waals surface area contributed by atoms with Crippen molar-refractivity contribution in [1.82, 2.24) is 9.55 Å². The summed E-state index contributed by atoms with van der Waals surface area (Å²) >= 11 is 0. The number of amides is 1. The number of benzene rings is 1. The number of aliphatic hydroxyl groups is 1. The predicted molar refractivity (Wildman–Crippen MR) is 156 cm³/mol. The molecule has 2 aliphatic rings. The SMILES string of the molecule is CC[C@@]1(O)C(=O)OCc2c1cc1n(c2=O)Cc2c-1nc1ccc(NC(=O)OC(C)(C)C)cc1c2CC[Si](C)(C)C. The molecule has 0 unspecified atom stereocenters. The van der Waals surface area contributed by atoms with Crippen molar-refractivity contribution in [3.63, 3.8) is 0 Å². The lowest BCUT2D eigenvalue weighted by Gasteiger charge is -2.31. The highest BCUT2D eigenvalue weighted by atomic mass is 28.3. The molecule has 0 aliphatic carbocycles. The van der Waals surface area contributed by atoms with Crippen molar-refractivity contribution in [3.05, 3.63) is 56.9 Å². The summed E-state index contributed by atoms with van der Waals surface area (Å²) in [5.41, 5.74) is 2.49. The van der Waals surface area contributed by atoms with Gasteiger partial charge >= 0.3 is 12.1 Å². The molecule has 2 N–H and O–H groups in total. The van der Waals surface area contributed by atoms with Crippen LogP contribution in [0.25, 0.3) is 22.3 Å². The van der Waals surface area contributed by atoms with Crippen LogP contribution in [0.5, 0.6) is 0 Å². The molecule has 212 valence electrons. The van der Waals surface area contributed by atoms with Gasteiger partial charge in [-0.3, -0.25) is 10.1 Å². The van der Waals surface area contributed by atoms with E-state index < -0.39 is 31.3 Å². The number of aromatic nitrogens is 2. The molecule has 0 spiro atoms. The van der Waals surface area contributed by atoms with Gasteiger partial charge < -0.3 is 19.1 Å². The van der Waals surface area contributed by atoms with Crippen LogP contribution in [0.1, 0.15) is 56.4 Å². The first-order valence-corrected chi connectivity index (χ1v) is 17.4. The van der Waals surface area contributed by atoms with Crippen molar-refractivity contribution < 1.29 is 24.2 Å². The monoisotopic (exact) mass is 563 g/mol. The zero-order valence-corrected chi connectivity index (χ0v) is 25.2. The number of pyridine rings is 2. The third kappa shape index (κ3) is 4.94. The second-order valence-electron chi connectivity index (χ2n) is 12.9. The summed E-state index contributed by atoms with van der Waals surface area (Å²) in [6, 6.07) is 8.34. The number of hydrogen-bond acceptors (Lipinski definition) is 7. The third-order valence-corrected chi connectivity index (χ3v) is 9.33. The number of nitrogens with zero attached hydrogens (tertiary/aromatic N) is 2. The van der Waals surface area contributed by atoms with Gasteiger partial charge in [0.15, 0.2) is 5.60 Å². The van der Waals surface area contributed by atoms with Crippen molar-refractivity contribution in [2.24, 2.45) is 0 Å². The molecule has 9 nitrogen and oxygen atoms in total. The first-order valence-electron chi connectivity index (χ1n) is 13.7. The minimum atomic E-state index is -1.87. The lowest BCUT2D eigenvalue weighted by Crippen LogP contribution is -2.44. The number of aryl methyl sites for hydroxylation is 1. The van der Waals surface area contributed by atoms with E-state index in [1.807, 2.05) is 32.9 Å². The zero-order valence-electron chi connectivity index (χ0n) is 24.2. The quantitative estimate of drug-likeness (QED) is 0.250. The highest BCUT2D eigenvalue weighted by Gasteiger charge is 2.45. The minimum Gasteiger partial charge on any atom is -0.458 e. The smallest absolute Gasteiger partial charge is 0.412 e. The largest absolute Gasteiger partial charge is 0.458 e. The van der Waals surface area contributed by atoms with E-state index in [2.05, 4.69) is 25.0 Å². The summed E-state index contributed by atoms with van der Waals surface area (Å²) in [7, 11) is -1.44. The van der Waals surface area contributed by atoms with Crippen LogP contribution in [0.3, 0.4) is 0 Å². The molecule has 4 heterocycles. The van der Waals surface area contributed by atoms with Gasteiger partial charge in [0.2, 0.25) is 0 Å². The normalized spacial score (nSPS) is 18.1. The number of rotatable bonds is 5. The fraction of sp³-hybridized carbons (Fsp3) is 0.467. The Hall–Kier alpha value is -3.50. The van der Waals surface area contributed by atoms with E-state index in [0.29, 0.717) is 34.7 Å². The average Bonchev–Trinajstić information content (AvgIpc) is 3.21. The van der Waals surface area contributed by atoms with Gasteiger partial charge in [-0.05, 0) is 63.4 Å². The fourth-order valence-electron chi connectivity index (χ4n) is 5.45. The Kier molecular flexibility index (Phi) is 6.70. The number of carbonyl (C=O) groups excluding carboxylic acids is 2. The average molecular weight is 564 g/mol. The Bertz CT molecular complexity index is 1620. The van der Waals surface area contributed by atoms with E-state index in [9.17, 15) is 19.5 Å². The minimum absolute atomic E-state index is 0.0919. The number of anilines is 1. The van der Waals surface area contributed by atoms with Gasteiger partial charge in [0.05, 0.1) is 29.0 Å². The molecule has 40 heavy (non-hydrogen) atoms. The zero-order chi connectivity index (χ0) is 29.2. The molecular formula is C30H37N3O6Si. The Morgan fingerprint density at radius 2 is 1.93 bits per heavy atom. The second-order valence-corrected chi connectivity index (χ2v) is 18.6. The molecule has 5 rings (SSSR count). The first-order chi connectivity index (χ1) is 18.6. The topological polar surface area (TPSA) is 120 Å².